The number of aromatic nitrogens is 1. The van der Waals surface area contributed by atoms with Gasteiger partial charge in [0.2, 0.25) is 5.89 Å². The van der Waals surface area contributed by atoms with Gasteiger partial charge in [0.25, 0.3) is 0 Å². The molecule has 0 bridgehead atoms. The minimum atomic E-state index is 0.784. The number of hydrogen-bond donors (Lipinski definition) is 0. The first-order valence-corrected chi connectivity index (χ1v) is 8.02. The van der Waals surface area contributed by atoms with E-state index in [1.165, 1.54) is 5.57 Å². The van der Waals surface area contributed by atoms with Crippen LogP contribution in [0.3, 0.4) is 0 Å². The molecule has 0 amide bonds. The Morgan fingerprint density at radius 2 is 2.04 bits per heavy atom. The van der Waals surface area contributed by atoms with Crippen molar-refractivity contribution in [3.05, 3.63) is 54.0 Å². The van der Waals surface area contributed by atoms with Crippen LogP contribution in [0.5, 0.6) is 0 Å². The van der Waals surface area contributed by atoms with E-state index in [1.54, 1.807) is 19.6 Å². The molecule has 0 aromatic carbocycles. The molecule has 5 nitrogen and oxygen atoms in total. The fourth-order valence-corrected chi connectivity index (χ4v) is 2.72. The van der Waals surface area contributed by atoms with Crippen molar-refractivity contribution in [2.45, 2.75) is 20.4 Å². The predicted molar refractivity (Wildman–Crippen MR) is 91.9 cm³/mol. The topological polar surface area (TPSA) is 41.7 Å². The number of rotatable bonds is 7. The summed E-state index contributed by atoms with van der Waals surface area (Å²) in [5, 5.41) is 0. The van der Waals surface area contributed by atoms with Gasteiger partial charge in [-0.25, -0.2) is 4.98 Å². The lowest BCUT2D eigenvalue weighted by atomic mass is 10.0. The molecule has 0 radical (unpaired) electrons. The van der Waals surface area contributed by atoms with Gasteiger partial charge in [-0.15, -0.1) is 0 Å². The van der Waals surface area contributed by atoms with E-state index < -0.39 is 0 Å². The third kappa shape index (κ3) is 5.08. The predicted octanol–water partition coefficient (Wildman–Crippen LogP) is 2.84. The second-order valence-electron chi connectivity index (χ2n) is 5.74. The quantitative estimate of drug-likeness (QED) is 0.571. The average Bonchev–Trinajstić information content (AvgIpc) is 3.06. The number of hydrogen-bond acceptors (Lipinski definition) is 5. The van der Waals surface area contributed by atoms with Crippen molar-refractivity contribution in [2.24, 2.45) is 0 Å². The zero-order valence-electron chi connectivity index (χ0n) is 14.4. The molecule has 1 aliphatic rings. The first-order chi connectivity index (χ1) is 11.1. The second-order valence-corrected chi connectivity index (χ2v) is 5.74. The van der Waals surface area contributed by atoms with E-state index in [1.807, 2.05) is 26.0 Å². The molecule has 0 aliphatic carbocycles. The molecule has 0 unspecified atom stereocenters. The van der Waals surface area contributed by atoms with Crippen LogP contribution >= 0.6 is 0 Å². The highest BCUT2D eigenvalue weighted by atomic mass is 16.5. The molecule has 1 aliphatic heterocycles. The molecule has 2 heterocycles. The normalized spacial score (nSPS) is 18.2. The molecular formula is C18H27N3O2. The Bertz CT molecular complexity index is 553. The van der Waals surface area contributed by atoms with Gasteiger partial charge in [0, 0.05) is 38.3 Å². The van der Waals surface area contributed by atoms with E-state index in [-0.39, 0.29) is 0 Å². The molecular weight excluding hydrogens is 290 g/mol. The van der Waals surface area contributed by atoms with E-state index in [2.05, 4.69) is 21.4 Å². The van der Waals surface area contributed by atoms with Gasteiger partial charge in [-0.05, 0) is 19.4 Å². The Morgan fingerprint density at radius 1 is 1.35 bits per heavy atom. The lowest BCUT2D eigenvalue weighted by Gasteiger charge is -2.34. The first-order valence-electron chi connectivity index (χ1n) is 8.02. The lowest BCUT2D eigenvalue weighted by Crippen LogP contribution is -2.46. The van der Waals surface area contributed by atoms with Crippen molar-refractivity contribution >= 4 is 0 Å². The van der Waals surface area contributed by atoms with Gasteiger partial charge in [-0.1, -0.05) is 18.7 Å². The molecule has 1 saturated heterocycles. The molecule has 126 valence electrons. The van der Waals surface area contributed by atoms with Crippen LogP contribution < -0.4 is 0 Å². The van der Waals surface area contributed by atoms with Crippen molar-refractivity contribution in [2.75, 3.05) is 39.8 Å². The van der Waals surface area contributed by atoms with Crippen molar-refractivity contribution in [1.29, 1.82) is 0 Å². The highest BCUT2D eigenvalue weighted by Crippen LogP contribution is 2.18. The fourth-order valence-electron chi connectivity index (χ4n) is 2.72. The maximum Gasteiger partial charge on any atom is 0.208 e. The summed E-state index contributed by atoms with van der Waals surface area (Å²) in [5.41, 5.74) is 2.20. The monoisotopic (exact) mass is 317 g/mol. The van der Waals surface area contributed by atoms with Crippen molar-refractivity contribution in [3.63, 3.8) is 0 Å². The van der Waals surface area contributed by atoms with Gasteiger partial charge in [0.05, 0.1) is 25.6 Å². The number of oxazole rings is 1. The Hall–Kier alpha value is -1.85. The Kier molecular flexibility index (Phi) is 6.62. The minimum absolute atomic E-state index is 0.784. The van der Waals surface area contributed by atoms with E-state index in [9.17, 15) is 0 Å². The number of nitrogens with zero attached hydrogens (tertiary/aromatic N) is 3. The Labute approximate surface area is 138 Å². The molecule has 1 fully saturated rings. The van der Waals surface area contributed by atoms with Crippen LogP contribution in [0.25, 0.3) is 0 Å². The van der Waals surface area contributed by atoms with Crippen molar-refractivity contribution in [3.8, 4) is 0 Å². The Balaban J connectivity index is 1.89. The van der Waals surface area contributed by atoms with Crippen LogP contribution in [0.15, 0.2) is 52.5 Å². The smallest absolute Gasteiger partial charge is 0.208 e. The number of ether oxygens (including phenoxy) is 1. The second kappa shape index (κ2) is 8.70. The van der Waals surface area contributed by atoms with Gasteiger partial charge >= 0.3 is 0 Å². The molecule has 1 aromatic rings. The lowest BCUT2D eigenvalue weighted by molar-refractivity contribution is 0.125. The molecule has 2 rings (SSSR count). The number of methoxy groups -OCH3 is 1. The molecule has 0 spiro atoms. The SMILES string of the molecule is C=C(/C=C\C)/C(CN1CCN(Cc2ncco2)CC1)=C(\C)OC. The molecule has 5 heteroatoms. The van der Waals surface area contributed by atoms with Crippen LogP contribution in [0.2, 0.25) is 0 Å². The maximum atomic E-state index is 5.44. The molecule has 23 heavy (non-hydrogen) atoms. The van der Waals surface area contributed by atoms with Crippen molar-refractivity contribution < 1.29 is 9.15 Å². The zero-order chi connectivity index (χ0) is 16.7. The molecule has 0 N–H and O–H groups in total. The highest BCUT2D eigenvalue weighted by molar-refractivity contribution is 5.39. The van der Waals surface area contributed by atoms with Gasteiger partial charge in [-0.3, -0.25) is 9.80 Å². The summed E-state index contributed by atoms with van der Waals surface area (Å²) in [6.07, 6.45) is 7.38. The first kappa shape index (κ1) is 17.5. The number of piperazine rings is 1. The standard InChI is InChI=1S/C18H27N3O2/c1-5-6-15(2)17(16(3)22-4)13-20-8-10-21(11-9-20)14-18-19-7-12-23-18/h5-7,12H,2,8-11,13-14H2,1,3-4H3/b6-5-,17-16+. The van der Waals surface area contributed by atoms with Gasteiger partial charge in [0.15, 0.2) is 0 Å². The molecule has 0 atom stereocenters. The zero-order valence-corrected chi connectivity index (χ0v) is 14.4. The van der Waals surface area contributed by atoms with Crippen LogP contribution in [0, 0.1) is 0 Å². The summed E-state index contributed by atoms with van der Waals surface area (Å²) >= 11 is 0. The molecule has 0 saturated carbocycles. The van der Waals surface area contributed by atoms with Gasteiger partial charge in [0.1, 0.15) is 6.26 Å². The number of allylic oxidation sites excluding steroid dienone is 3. The third-order valence-electron chi connectivity index (χ3n) is 4.18. The summed E-state index contributed by atoms with van der Waals surface area (Å²) < 4.78 is 10.8. The summed E-state index contributed by atoms with van der Waals surface area (Å²) in [6.45, 7) is 13.9. The Morgan fingerprint density at radius 3 is 2.61 bits per heavy atom. The van der Waals surface area contributed by atoms with Crippen LogP contribution in [-0.2, 0) is 11.3 Å². The van der Waals surface area contributed by atoms with Gasteiger partial charge in [-0.2, -0.15) is 0 Å². The van der Waals surface area contributed by atoms with Crippen LogP contribution in [-0.4, -0.2) is 54.6 Å². The fraction of sp³-hybridized carbons (Fsp3) is 0.500. The maximum absolute atomic E-state index is 5.44. The summed E-state index contributed by atoms with van der Waals surface area (Å²) in [5.74, 6) is 1.73. The third-order valence-corrected chi connectivity index (χ3v) is 4.18. The van der Waals surface area contributed by atoms with E-state index in [0.29, 0.717) is 0 Å². The summed E-state index contributed by atoms with van der Waals surface area (Å²) in [7, 11) is 1.71. The van der Waals surface area contributed by atoms with E-state index in [4.69, 9.17) is 9.15 Å². The van der Waals surface area contributed by atoms with E-state index in [0.717, 1.165) is 56.5 Å². The van der Waals surface area contributed by atoms with Crippen LogP contribution in [0.1, 0.15) is 19.7 Å². The largest absolute Gasteiger partial charge is 0.501 e. The minimum Gasteiger partial charge on any atom is -0.501 e. The molecule has 1 aromatic heterocycles. The van der Waals surface area contributed by atoms with Gasteiger partial charge < -0.3 is 9.15 Å². The van der Waals surface area contributed by atoms with Crippen LogP contribution in [0.4, 0.5) is 0 Å². The van der Waals surface area contributed by atoms with Crippen molar-refractivity contribution in [1.82, 2.24) is 14.8 Å². The highest BCUT2D eigenvalue weighted by Gasteiger charge is 2.20. The summed E-state index contributed by atoms with van der Waals surface area (Å²) in [6, 6.07) is 0. The summed E-state index contributed by atoms with van der Waals surface area (Å²) in [4.78, 5) is 9.00. The van der Waals surface area contributed by atoms with E-state index >= 15 is 0 Å². The average molecular weight is 317 g/mol.